The van der Waals surface area contributed by atoms with Crippen molar-refractivity contribution >= 4 is 5.97 Å². The number of esters is 1. The summed E-state index contributed by atoms with van der Waals surface area (Å²) in [7, 11) is 1.21. The highest BCUT2D eigenvalue weighted by Crippen LogP contribution is 2.27. The van der Waals surface area contributed by atoms with E-state index in [1.165, 1.54) is 13.2 Å². The van der Waals surface area contributed by atoms with Crippen molar-refractivity contribution in [2.24, 2.45) is 0 Å². The number of aliphatic hydroxyl groups is 2. The fourth-order valence-electron chi connectivity index (χ4n) is 1.53. The highest BCUT2D eigenvalue weighted by atomic mass is 16.5. The molecular weight excluding hydrogens is 224 g/mol. The summed E-state index contributed by atoms with van der Waals surface area (Å²) >= 11 is 0. The quantitative estimate of drug-likeness (QED) is 0.673. The van der Waals surface area contributed by atoms with Gasteiger partial charge >= 0.3 is 5.97 Å². The van der Waals surface area contributed by atoms with E-state index in [1.807, 2.05) is 0 Å². The van der Waals surface area contributed by atoms with E-state index in [1.54, 1.807) is 19.1 Å². The molecule has 0 saturated heterocycles. The summed E-state index contributed by atoms with van der Waals surface area (Å²) in [4.78, 5) is 11.0. The summed E-state index contributed by atoms with van der Waals surface area (Å²) in [5, 5.41) is 29.0. The van der Waals surface area contributed by atoms with Gasteiger partial charge in [-0.05, 0) is 24.1 Å². The highest BCUT2D eigenvalue weighted by molar-refractivity contribution is 5.69. The van der Waals surface area contributed by atoms with Crippen LogP contribution >= 0.6 is 0 Å². The third kappa shape index (κ3) is 3.18. The molecule has 0 aliphatic heterocycles. The molecule has 0 aromatic heterocycles. The van der Waals surface area contributed by atoms with Gasteiger partial charge in [0.05, 0.1) is 19.6 Å². The minimum absolute atomic E-state index is 0.0341. The Morgan fingerprint density at radius 2 is 2.06 bits per heavy atom. The average molecular weight is 240 g/mol. The maximum absolute atomic E-state index is 11.0. The zero-order chi connectivity index (χ0) is 13.0. The average Bonchev–Trinajstić information content (AvgIpc) is 2.31. The van der Waals surface area contributed by atoms with Gasteiger partial charge in [-0.15, -0.1) is 0 Å². The molecule has 1 rings (SSSR count). The topological polar surface area (TPSA) is 87.0 Å². The van der Waals surface area contributed by atoms with Gasteiger partial charge in [0.2, 0.25) is 0 Å². The van der Waals surface area contributed by atoms with Crippen LogP contribution in [-0.4, -0.2) is 34.5 Å². The van der Waals surface area contributed by atoms with Gasteiger partial charge in [-0.25, -0.2) is 0 Å². The van der Waals surface area contributed by atoms with Crippen LogP contribution in [0, 0.1) is 6.92 Å². The van der Waals surface area contributed by atoms with Gasteiger partial charge in [0, 0.05) is 0 Å². The van der Waals surface area contributed by atoms with Crippen LogP contribution in [0.4, 0.5) is 0 Å². The van der Waals surface area contributed by atoms with Crippen molar-refractivity contribution in [3.8, 4) is 5.75 Å². The first-order valence-corrected chi connectivity index (χ1v) is 5.18. The van der Waals surface area contributed by atoms with E-state index in [2.05, 4.69) is 4.74 Å². The molecule has 0 bridgehead atoms. The molecule has 5 nitrogen and oxygen atoms in total. The Labute approximate surface area is 99.3 Å². The Balaban J connectivity index is 2.85. The van der Waals surface area contributed by atoms with Crippen LogP contribution in [0.2, 0.25) is 0 Å². The molecule has 1 aromatic rings. The number of phenols is 1. The minimum atomic E-state index is -1.26. The van der Waals surface area contributed by atoms with Crippen molar-refractivity contribution in [1.29, 1.82) is 0 Å². The molecule has 0 aliphatic rings. The monoisotopic (exact) mass is 240 g/mol. The van der Waals surface area contributed by atoms with Crippen LogP contribution in [0.5, 0.6) is 5.75 Å². The molecule has 17 heavy (non-hydrogen) atoms. The number of ether oxygens (including phenoxy) is 1. The van der Waals surface area contributed by atoms with Crippen molar-refractivity contribution in [2.75, 3.05) is 7.11 Å². The van der Waals surface area contributed by atoms with E-state index in [0.29, 0.717) is 11.1 Å². The predicted octanol–water partition coefficient (Wildman–Crippen LogP) is 0.658. The summed E-state index contributed by atoms with van der Waals surface area (Å²) in [6, 6.07) is 4.63. The summed E-state index contributed by atoms with van der Waals surface area (Å²) in [6.07, 6.45) is -2.80. The van der Waals surface area contributed by atoms with Gasteiger partial charge < -0.3 is 20.1 Å². The Morgan fingerprint density at radius 1 is 1.41 bits per heavy atom. The second kappa shape index (κ2) is 5.65. The Kier molecular flexibility index (Phi) is 4.48. The SMILES string of the molecule is COC(=O)CC(O)C(O)c1cccc(O)c1C. The molecule has 0 saturated carbocycles. The molecule has 2 atom stereocenters. The lowest BCUT2D eigenvalue weighted by Crippen LogP contribution is -2.23. The molecule has 0 radical (unpaired) electrons. The molecule has 0 fully saturated rings. The van der Waals surface area contributed by atoms with Gasteiger partial charge in [-0.3, -0.25) is 4.79 Å². The molecule has 3 N–H and O–H groups in total. The fraction of sp³-hybridized carbons (Fsp3) is 0.417. The fourth-order valence-corrected chi connectivity index (χ4v) is 1.53. The number of methoxy groups -OCH3 is 1. The lowest BCUT2D eigenvalue weighted by Gasteiger charge is -2.19. The molecule has 94 valence electrons. The normalized spacial score (nSPS) is 14.1. The molecule has 0 amide bonds. The molecule has 0 spiro atoms. The smallest absolute Gasteiger partial charge is 0.308 e. The van der Waals surface area contributed by atoms with E-state index < -0.39 is 18.2 Å². The molecule has 0 heterocycles. The molecule has 5 heteroatoms. The first-order chi connectivity index (χ1) is 7.97. The van der Waals surface area contributed by atoms with Crippen LogP contribution in [-0.2, 0) is 9.53 Å². The van der Waals surface area contributed by atoms with E-state index in [9.17, 15) is 20.1 Å². The maximum Gasteiger partial charge on any atom is 0.308 e. The Hall–Kier alpha value is -1.59. The molecule has 1 aromatic carbocycles. The number of phenolic OH excluding ortho intramolecular Hbond substituents is 1. The molecule has 2 unspecified atom stereocenters. The van der Waals surface area contributed by atoms with Crippen LogP contribution in [0.25, 0.3) is 0 Å². The van der Waals surface area contributed by atoms with Crippen molar-refractivity contribution in [2.45, 2.75) is 25.6 Å². The number of rotatable bonds is 4. The number of hydrogen-bond acceptors (Lipinski definition) is 5. The third-order valence-electron chi connectivity index (χ3n) is 2.63. The number of aliphatic hydroxyl groups excluding tert-OH is 2. The molecular formula is C12H16O5. The second-order valence-corrected chi connectivity index (χ2v) is 3.78. The first kappa shape index (κ1) is 13.5. The van der Waals surface area contributed by atoms with E-state index in [0.717, 1.165) is 0 Å². The zero-order valence-corrected chi connectivity index (χ0v) is 9.75. The lowest BCUT2D eigenvalue weighted by molar-refractivity contribution is -0.144. The number of aromatic hydroxyl groups is 1. The van der Waals surface area contributed by atoms with E-state index >= 15 is 0 Å². The van der Waals surface area contributed by atoms with Crippen molar-refractivity contribution in [3.63, 3.8) is 0 Å². The standard InChI is InChI=1S/C12H16O5/c1-7-8(4-3-5-9(7)13)12(16)10(14)6-11(15)17-2/h3-5,10,12-14,16H,6H2,1-2H3. The van der Waals surface area contributed by atoms with E-state index in [-0.39, 0.29) is 12.2 Å². The van der Waals surface area contributed by atoms with Crippen LogP contribution in [0.1, 0.15) is 23.7 Å². The van der Waals surface area contributed by atoms with Crippen LogP contribution in [0.3, 0.4) is 0 Å². The Bertz CT molecular complexity index is 402. The summed E-state index contributed by atoms with van der Waals surface area (Å²) in [5.74, 6) is -0.568. The lowest BCUT2D eigenvalue weighted by atomic mass is 9.97. The maximum atomic E-state index is 11.0. The highest BCUT2D eigenvalue weighted by Gasteiger charge is 2.23. The number of hydrogen-bond donors (Lipinski definition) is 3. The van der Waals surface area contributed by atoms with Gasteiger partial charge in [-0.2, -0.15) is 0 Å². The zero-order valence-electron chi connectivity index (χ0n) is 9.75. The minimum Gasteiger partial charge on any atom is -0.508 e. The largest absolute Gasteiger partial charge is 0.508 e. The van der Waals surface area contributed by atoms with Crippen LogP contribution < -0.4 is 0 Å². The first-order valence-electron chi connectivity index (χ1n) is 5.18. The number of carbonyl (C=O) groups excluding carboxylic acids is 1. The second-order valence-electron chi connectivity index (χ2n) is 3.78. The summed E-state index contributed by atoms with van der Waals surface area (Å²) < 4.78 is 4.40. The van der Waals surface area contributed by atoms with Crippen molar-refractivity contribution in [1.82, 2.24) is 0 Å². The predicted molar refractivity (Wildman–Crippen MR) is 60.4 cm³/mol. The van der Waals surface area contributed by atoms with E-state index in [4.69, 9.17) is 0 Å². The van der Waals surface area contributed by atoms with Crippen molar-refractivity contribution in [3.05, 3.63) is 29.3 Å². The van der Waals surface area contributed by atoms with Crippen molar-refractivity contribution < 1.29 is 24.9 Å². The Morgan fingerprint density at radius 3 is 2.65 bits per heavy atom. The third-order valence-corrected chi connectivity index (χ3v) is 2.63. The molecule has 0 aliphatic carbocycles. The summed E-state index contributed by atoms with van der Waals surface area (Å²) in [5.41, 5.74) is 0.866. The van der Waals surface area contributed by atoms with Gasteiger partial charge in [-0.1, -0.05) is 12.1 Å². The summed E-state index contributed by atoms with van der Waals surface area (Å²) in [6.45, 7) is 1.62. The number of carbonyl (C=O) groups is 1. The van der Waals surface area contributed by atoms with Gasteiger partial charge in [0.1, 0.15) is 11.9 Å². The van der Waals surface area contributed by atoms with Gasteiger partial charge in [0.25, 0.3) is 0 Å². The van der Waals surface area contributed by atoms with Crippen LogP contribution in [0.15, 0.2) is 18.2 Å². The van der Waals surface area contributed by atoms with Gasteiger partial charge in [0.15, 0.2) is 0 Å². The number of benzene rings is 1.